The number of esters is 1. The zero-order valence-corrected chi connectivity index (χ0v) is 17.5. The predicted molar refractivity (Wildman–Crippen MR) is 116 cm³/mol. The van der Waals surface area contributed by atoms with Crippen molar-refractivity contribution < 1.29 is 9.53 Å². The van der Waals surface area contributed by atoms with Crippen LogP contribution in [0.4, 0.5) is 0 Å². The molecule has 0 saturated heterocycles. The van der Waals surface area contributed by atoms with Crippen LogP contribution in [-0.4, -0.2) is 15.9 Å². The number of ether oxygens (including phenoxy) is 1. The number of nitrogens with one attached hydrogen (secondary N) is 1. The first-order chi connectivity index (χ1) is 14.5. The highest BCUT2D eigenvalue weighted by atomic mass is 16.5. The summed E-state index contributed by atoms with van der Waals surface area (Å²) in [5, 5.41) is 0. The Hall–Kier alpha value is -2.62. The molecular formula is C26H28N2O2. The SMILES string of the molecule is Cc1ccc(C23C[C@@H]4C[C@@H](CC(C(=O)OCc5nc6ccccc6[nH]5)(C4)C2)C3)cc1. The number of hydrogen-bond donors (Lipinski definition) is 1. The van der Waals surface area contributed by atoms with Gasteiger partial charge in [0.1, 0.15) is 12.4 Å². The Morgan fingerprint density at radius 3 is 2.53 bits per heavy atom. The van der Waals surface area contributed by atoms with Crippen molar-refractivity contribution in [3.8, 4) is 0 Å². The number of nitrogens with zero attached hydrogens (tertiary/aromatic N) is 1. The monoisotopic (exact) mass is 400 g/mol. The van der Waals surface area contributed by atoms with Gasteiger partial charge in [-0.15, -0.1) is 0 Å². The summed E-state index contributed by atoms with van der Waals surface area (Å²) in [6, 6.07) is 17.0. The molecule has 2 aromatic carbocycles. The molecule has 0 aliphatic heterocycles. The van der Waals surface area contributed by atoms with Gasteiger partial charge in [0.15, 0.2) is 0 Å². The molecule has 1 aromatic heterocycles. The normalized spacial score (nSPS) is 31.9. The quantitative estimate of drug-likeness (QED) is 0.592. The van der Waals surface area contributed by atoms with E-state index in [9.17, 15) is 4.79 Å². The molecule has 4 nitrogen and oxygen atoms in total. The van der Waals surface area contributed by atoms with Crippen LogP contribution in [0, 0.1) is 24.2 Å². The second-order valence-corrected chi connectivity index (χ2v) is 10.2. The summed E-state index contributed by atoms with van der Waals surface area (Å²) in [5.74, 6) is 2.01. The molecule has 1 N–H and O–H groups in total. The van der Waals surface area contributed by atoms with Crippen LogP contribution in [0.1, 0.15) is 55.5 Å². The average molecular weight is 401 g/mol. The van der Waals surface area contributed by atoms with Crippen molar-refractivity contribution >= 4 is 17.0 Å². The van der Waals surface area contributed by atoms with Gasteiger partial charge >= 0.3 is 5.97 Å². The fraction of sp³-hybridized carbons (Fsp3) is 0.462. The number of imidazole rings is 1. The molecule has 0 spiro atoms. The van der Waals surface area contributed by atoms with Crippen LogP contribution >= 0.6 is 0 Å². The molecule has 7 rings (SSSR count). The highest BCUT2D eigenvalue weighted by molar-refractivity contribution is 5.78. The minimum atomic E-state index is -0.318. The Balaban J connectivity index is 1.25. The summed E-state index contributed by atoms with van der Waals surface area (Å²) < 4.78 is 5.91. The Morgan fingerprint density at radius 2 is 1.80 bits per heavy atom. The number of aromatic nitrogens is 2. The van der Waals surface area contributed by atoms with Gasteiger partial charge in [-0.25, -0.2) is 4.98 Å². The number of para-hydroxylation sites is 2. The predicted octanol–water partition coefficient (Wildman–Crippen LogP) is 5.45. The average Bonchev–Trinajstić information content (AvgIpc) is 3.14. The van der Waals surface area contributed by atoms with Crippen LogP contribution in [0.25, 0.3) is 11.0 Å². The third-order valence-corrected chi connectivity index (χ3v) is 7.94. The van der Waals surface area contributed by atoms with E-state index in [0.717, 1.165) is 36.1 Å². The van der Waals surface area contributed by atoms with E-state index < -0.39 is 0 Å². The van der Waals surface area contributed by atoms with E-state index in [2.05, 4.69) is 41.2 Å². The lowest BCUT2D eigenvalue weighted by atomic mass is 9.43. The standard InChI is InChI=1S/C26H28N2O2/c1-17-6-8-20(9-7-17)25-11-18-10-19(12-25)14-26(13-18,16-25)24(29)30-15-23-27-21-4-2-3-5-22(21)28-23/h2-9,18-19H,10-16H2,1H3,(H,27,28)/t18-,19+,25?,26?. The van der Waals surface area contributed by atoms with Crippen LogP contribution in [-0.2, 0) is 21.6 Å². The van der Waals surface area contributed by atoms with Crippen LogP contribution < -0.4 is 0 Å². The van der Waals surface area contributed by atoms with Crippen LogP contribution in [0.5, 0.6) is 0 Å². The van der Waals surface area contributed by atoms with Crippen molar-refractivity contribution in [2.75, 3.05) is 0 Å². The van der Waals surface area contributed by atoms with Gasteiger partial charge in [-0.1, -0.05) is 42.0 Å². The number of fused-ring (bicyclic) bond motifs is 1. The molecule has 2 unspecified atom stereocenters. The molecule has 4 heteroatoms. The van der Waals surface area contributed by atoms with E-state index >= 15 is 0 Å². The van der Waals surface area contributed by atoms with Crippen LogP contribution in [0.3, 0.4) is 0 Å². The smallest absolute Gasteiger partial charge is 0.312 e. The number of benzene rings is 2. The summed E-state index contributed by atoms with van der Waals surface area (Å²) in [4.78, 5) is 21.3. The molecule has 3 aromatic rings. The molecule has 4 aliphatic rings. The van der Waals surface area contributed by atoms with Crippen LogP contribution in [0.2, 0.25) is 0 Å². The highest BCUT2D eigenvalue weighted by Crippen LogP contribution is 2.66. The number of aryl methyl sites for hydroxylation is 1. The maximum absolute atomic E-state index is 13.4. The van der Waals surface area contributed by atoms with Crippen molar-refractivity contribution in [3.63, 3.8) is 0 Å². The Labute approximate surface area is 177 Å². The first-order valence-electron chi connectivity index (χ1n) is 11.2. The lowest BCUT2D eigenvalue weighted by Crippen LogP contribution is -2.57. The van der Waals surface area contributed by atoms with Gasteiger partial charge < -0.3 is 9.72 Å². The van der Waals surface area contributed by atoms with Crippen molar-refractivity contribution in [3.05, 3.63) is 65.5 Å². The molecule has 0 amide bonds. The molecular weight excluding hydrogens is 372 g/mol. The number of rotatable bonds is 4. The van der Waals surface area contributed by atoms with Gasteiger partial charge in [-0.2, -0.15) is 0 Å². The summed E-state index contributed by atoms with van der Waals surface area (Å²) in [6.45, 7) is 2.36. The number of carbonyl (C=O) groups is 1. The molecule has 4 atom stereocenters. The number of carbonyl (C=O) groups excluding carboxylic acids is 1. The minimum absolute atomic E-state index is 0.00598. The number of aromatic amines is 1. The molecule has 154 valence electrons. The Kier molecular flexibility index (Phi) is 3.90. The molecule has 30 heavy (non-hydrogen) atoms. The van der Waals surface area contributed by atoms with Gasteiger partial charge in [0.05, 0.1) is 16.4 Å². The first kappa shape index (κ1) is 18.2. The highest BCUT2D eigenvalue weighted by Gasteiger charge is 2.61. The summed E-state index contributed by atoms with van der Waals surface area (Å²) in [6.07, 6.45) is 6.67. The summed E-state index contributed by atoms with van der Waals surface area (Å²) >= 11 is 0. The second kappa shape index (κ2) is 6.44. The van der Waals surface area contributed by atoms with E-state index in [-0.39, 0.29) is 23.4 Å². The van der Waals surface area contributed by atoms with Gasteiger partial charge in [0.25, 0.3) is 0 Å². The molecule has 4 aliphatic carbocycles. The number of hydrogen-bond acceptors (Lipinski definition) is 3. The lowest BCUT2D eigenvalue weighted by Gasteiger charge is -2.61. The third kappa shape index (κ3) is 2.80. The lowest BCUT2D eigenvalue weighted by molar-refractivity contribution is -0.175. The maximum Gasteiger partial charge on any atom is 0.312 e. The second-order valence-electron chi connectivity index (χ2n) is 10.2. The zero-order valence-electron chi connectivity index (χ0n) is 17.5. The fourth-order valence-corrected chi connectivity index (χ4v) is 7.11. The van der Waals surface area contributed by atoms with E-state index in [1.807, 2.05) is 24.3 Å². The molecule has 0 radical (unpaired) electrons. The van der Waals surface area contributed by atoms with Crippen molar-refractivity contribution in [1.29, 1.82) is 0 Å². The first-order valence-corrected chi connectivity index (χ1v) is 11.2. The molecule has 1 heterocycles. The topological polar surface area (TPSA) is 55.0 Å². The fourth-order valence-electron chi connectivity index (χ4n) is 7.11. The van der Waals surface area contributed by atoms with Gasteiger partial charge in [0.2, 0.25) is 0 Å². The van der Waals surface area contributed by atoms with E-state index in [1.165, 1.54) is 30.4 Å². The maximum atomic E-state index is 13.4. The molecule has 4 fully saturated rings. The molecule has 4 bridgehead atoms. The van der Waals surface area contributed by atoms with E-state index in [0.29, 0.717) is 11.8 Å². The molecule has 4 saturated carbocycles. The zero-order chi connectivity index (χ0) is 20.3. The van der Waals surface area contributed by atoms with Crippen molar-refractivity contribution in [2.24, 2.45) is 17.3 Å². The van der Waals surface area contributed by atoms with E-state index in [1.54, 1.807) is 0 Å². The van der Waals surface area contributed by atoms with Gasteiger partial charge in [0, 0.05) is 0 Å². The third-order valence-electron chi connectivity index (χ3n) is 7.94. The van der Waals surface area contributed by atoms with Gasteiger partial charge in [-0.05, 0) is 80.4 Å². The summed E-state index contributed by atoms with van der Waals surface area (Å²) in [5.41, 5.74) is 4.45. The summed E-state index contributed by atoms with van der Waals surface area (Å²) in [7, 11) is 0. The number of H-pyrrole nitrogens is 1. The van der Waals surface area contributed by atoms with E-state index in [4.69, 9.17) is 4.74 Å². The van der Waals surface area contributed by atoms with Crippen molar-refractivity contribution in [1.82, 2.24) is 9.97 Å². The Bertz CT molecular complexity index is 1070. The minimum Gasteiger partial charge on any atom is -0.457 e. The van der Waals surface area contributed by atoms with Gasteiger partial charge in [-0.3, -0.25) is 4.79 Å². The van der Waals surface area contributed by atoms with Crippen LogP contribution in [0.15, 0.2) is 48.5 Å². The largest absolute Gasteiger partial charge is 0.457 e. The Morgan fingerprint density at radius 1 is 1.07 bits per heavy atom. The van der Waals surface area contributed by atoms with Crippen molar-refractivity contribution in [2.45, 2.75) is 57.5 Å².